The summed E-state index contributed by atoms with van der Waals surface area (Å²) in [5.41, 5.74) is 3.64. The first kappa shape index (κ1) is 20.5. The number of esters is 1. The van der Waals surface area contributed by atoms with E-state index in [2.05, 4.69) is 0 Å². The lowest BCUT2D eigenvalue weighted by atomic mass is 9.90. The molecule has 0 saturated heterocycles. The van der Waals surface area contributed by atoms with Gasteiger partial charge in [-0.2, -0.15) is 0 Å². The Morgan fingerprint density at radius 3 is 2.14 bits per heavy atom. The van der Waals surface area contributed by atoms with Crippen molar-refractivity contribution in [2.24, 2.45) is 4.99 Å². The summed E-state index contributed by atoms with van der Waals surface area (Å²) in [5, 5.41) is 0. The fourth-order valence-electron chi connectivity index (χ4n) is 3.47. The van der Waals surface area contributed by atoms with Crippen LogP contribution in [-0.2, 0) is 22.4 Å². The summed E-state index contributed by atoms with van der Waals surface area (Å²) in [6, 6.07) is 8.91. The smallest absolute Gasteiger partial charge is 0.330 e. The molecule has 0 aromatic heterocycles. The van der Waals surface area contributed by atoms with E-state index in [0.29, 0.717) is 35.8 Å². The number of carbonyl (C=O) groups excluding carboxylic acids is 1. The van der Waals surface area contributed by atoms with Crippen LogP contribution in [0.5, 0.6) is 23.0 Å². The van der Waals surface area contributed by atoms with Crippen molar-refractivity contribution in [1.29, 1.82) is 0 Å². The van der Waals surface area contributed by atoms with Gasteiger partial charge in [-0.1, -0.05) is 6.07 Å². The maximum atomic E-state index is 12.2. The highest BCUT2D eigenvalue weighted by atomic mass is 16.5. The van der Waals surface area contributed by atoms with Crippen LogP contribution in [-0.4, -0.2) is 53.3 Å². The summed E-state index contributed by atoms with van der Waals surface area (Å²) < 4.78 is 26.5. The predicted octanol–water partition coefficient (Wildman–Crippen LogP) is 2.85. The molecule has 7 heteroatoms. The molecule has 2 aromatic rings. The van der Waals surface area contributed by atoms with E-state index in [4.69, 9.17) is 28.7 Å². The van der Waals surface area contributed by atoms with E-state index >= 15 is 0 Å². The minimum Gasteiger partial charge on any atom is -0.493 e. The summed E-state index contributed by atoms with van der Waals surface area (Å²) in [6.45, 7) is 0. The summed E-state index contributed by atoms with van der Waals surface area (Å²) >= 11 is 0. The molecule has 1 aliphatic rings. The van der Waals surface area contributed by atoms with Crippen molar-refractivity contribution < 1.29 is 28.5 Å². The maximum Gasteiger partial charge on any atom is 0.330 e. The summed E-state index contributed by atoms with van der Waals surface area (Å²) in [7, 11) is 7.74. The number of methoxy groups -OCH3 is 5. The number of aliphatic imine (C=N–C) groups is 1. The zero-order valence-corrected chi connectivity index (χ0v) is 17.3. The molecular formula is C22H25NO6. The van der Waals surface area contributed by atoms with Crippen LogP contribution >= 0.6 is 0 Å². The van der Waals surface area contributed by atoms with E-state index in [1.807, 2.05) is 30.3 Å². The molecule has 1 aliphatic heterocycles. The number of ether oxygens (including phenoxy) is 5. The molecule has 2 aromatic carbocycles. The van der Waals surface area contributed by atoms with Crippen LogP contribution in [0, 0.1) is 0 Å². The van der Waals surface area contributed by atoms with Gasteiger partial charge in [0.25, 0.3) is 0 Å². The third kappa shape index (κ3) is 4.13. The number of fused-ring (bicyclic) bond motifs is 1. The van der Waals surface area contributed by atoms with Gasteiger partial charge in [-0.05, 0) is 35.4 Å². The van der Waals surface area contributed by atoms with E-state index < -0.39 is 6.04 Å². The fraction of sp³-hybridized carbons (Fsp3) is 0.364. The molecular weight excluding hydrogens is 374 g/mol. The van der Waals surface area contributed by atoms with Gasteiger partial charge in [-0.25, -0.2) is 4.79 Å². The van der Waals surface area contributed by atoms with Gasteiger partial charge in [0, 0.05) is 24.1 Å². The number of hydrogen-bond acceptors (Lipinski definition) is 7. The van der Waals surface area contributed by atoms with Gasteiger partial charge >= 0.3 is 5.97 Å². The molecule has 0 bridgehead atoms. The molecule has 29 heavy (non-hydrogen) atoms. The Kier molecular flexibility index (Phi) is 6.26. The lowest BCUT2D eigenvalue weighted by Crippen LogP contribution is -2.30. The van der Waals surface area contributed by atoms with Crippen LogP contribution < -0.4 is 18.9 Å². The maximum absolute atomic E-state index is 12.2. The monoisotopic (exact) mass is 399 g/mol. The van der Waals surface area contributed by atoms with Crippen LogP contribution in [0.2, 0.25) is 0 Å². The van der Waals surface area contributed by atoms with Crippen molar-refractivity contribution in [3.8, 4) is 23.0 Å². The Balaban J connectivity index is 2.05. The standard InChI is InChI=1S/C22H25NO6/c1-25-18-7-6-13(9-19(18)26-2)8-16-15-12-21(28-4)20(27-3)11-14(15)10-17(23-16)22(24)29-5/h6-7,9,11-12,17H,8,10H2,1-5H3. The lowest BCUT2D eigenvalue weighted by molar-refractivity contribution is -0.142. The number of rotatable bonds is 7. The highest BCUT2D eigenvalue weighted by Gasteiger charge is 2.28. The van der Waals surface area contributed by atoms with Crippen molar-refractivity contribution in [2.45, 2.75) is 18.9 Å². The second kappa shape index (κ2) is 8.86. The van der Waals surface area contributed by atoms with Crippen molar-refractivity contribution in [1.82, 2.24) is 0 Å². The van der Waals surface area contributed by atoms with Crippen molar-refractivity contribution in [3.05, 3.63) is 47.0 Å². The van der Waals surface area contributed by atoms with E-state index in [1.54, 1.807) is 28.4 Å². The van der Waals surface area contributed by atoms with Crippen LogP contribution in [0.1, 0.15) is 16.7 Å². The fourth-order valence-corrected chi connectivity index (χ4v) is 3.47. The first-order valence-corrected chi connectivity index (χ1v) is 9.15. The van der Waals surface area contributed by atoms with Crippen molar-refractivity contribution in [2.75, 3.05) is 35.5 Å². The largest absolute Gasteiger partial charge is 0.493 e. The van der Waals surface area contributed by atoms with Crippen LogP contribution in [0.15, 0.2) is 35.3 Å². The van der Waals surface area contributed by atoms with Gasteiger partial charge in [0.1, 0.15) is 0 Å². The Hall–Kier alpha value is -3.22. The third-order valence-electron chi connectivity index (χ3n) is 4.94. The molecule has 0 amide bonds. The average Bonchev–Trinajstić information content (AvgIpc) is 2.77. The third-order valence-corrected chi connectivity index (χ3v) is 4.94. The SMILES string of the molecule is COC(=O)C1Cc2cc(OC)c(OC)cc2C(Cc2ccc(OC)c(OC)c2)=N1. The van der Waals surface area contributed by atoms with E-state index in [0.717, 1.165) is 22.4 Å². The average molecular weight is 399 g/mol. The van der Waals surface area contributed by atoms with Gasteiger partial charge in [-0.3, -0.25) is 4.99 Å². The van der Waals surface area contributed by atoms with Crippen LogP contribution in [0.25, 0.3) is 0 Å². The van der Waals surface area contributed by atoms with Crippen LogP contribution in [0.4, 0.5) is 0 Å². The zero-order valence-electron chi connectivity index (χ0n) is 17.3. The van der Waals surface area contributed by atoms with E-state index in [-0.39, 0.29) is 5.97 Å². The number of nitrogens with zero attached hydrogens (tertiary/aromatic N) is 1. The Bertz CT molecular complexity index is 937. The summed E-state index contributed by atoms with van der Waals surface area (Å²) in [5.74, 6) is 2.15. The zero-order chi connectivity index (χ0) is 21.0. The summed E-state index contributed by atoms with van der Waals surface area (Å²) in [6.07, 6.45) is 0.953. The Labute approximate surface area is 170 Å². The molecule has 154 valence electrons. The second-order valence-electron chi connectivity index (χ2n) is 6.55. The highest BCUT2D eigenvalue weighted by molar-refractivity contribution is 6.06. The molecule has 1 atom stereocenters. The first-order chi connectivity index (χ1) is 14.0. The highest BCUT2D eigenvalue weighted by Crippen LogP contribution is 2.35. The van der Waals surface area contributed by atoms with E-state index in [9.17, 15) is 4.79 Å². The molecule has 3 rings (SSSR count). The van der Waals surface area contributed by atoms with Gasteiger partial charge in [-0.15, -0.1) is 0 Å². The molecule has 0 aliphatic carbocycles. The Morgan fingerprint density at radius 2 is 1.52 bits per heavy atom. The second-order valence-corrected chi connectivity index (χ2v) is 6.55. The van der Waals surface area contributed by atoms with Gasteiger partial charge < -0.3 is 23.7 Å². The quantitative estimate of drug-likeness (QED) is 0.667. The normalized spacial score (nSPS) is 15.1. The minimum absolute atomic E-state index is 0.366. The molecule has 0 radical (unpaired) electrons. The molecule has 0 N–H and O–H groups in total. The van der Waals surface area contributed by atoms with Gasteiger partial charge in [0.2, 0.25) is 0 Å². The number of hydrogen-bond donors (Lipinski definition) is 0. The lowest BCUT2D eigenvalue weighted by Gasteiger charge is -2.24. The predicted molar refractivity (Wildman–Crippen MR) is 109 cm³/mol. The molecule has 0 fully saturated rings. The van der Waals surface area contributed by atoms with Crippen LogP contribution in [0.3, 0.4) is 0 Å². The molecule has 0 spiro atoms. The van der Waals surface area contributed by atoms with E-state index in [1.165, 1.54) is 7.11 Å². The topological polar surface area (TPSA) is 75.6 Å². The summed E-state index contributed by atoms with van der Waals surface area (Å²) in [4.78, 5) is 16.9. The number of carbonyl (C=O) groups is 1. The van der Waals surface area contributed by atoms with Crippen molar-refractivity contribution >= 4 is 11.7 Å². The molecule has 0 saturated carbocycles. The van der Waals surface area contributed by atoms with Gasteiger partial charge in [0.15, 0.2) is 29.0 Å². The first-order valence-electron chi connectivity index (χ1n) is 9.15. The van der Waals surface area contributed by atoms with Crippen molar-refractivity contribution in [3.63, 3.8) is 0 Å². The molecule has 1 heterocycles. The Morgan fingerprint density at radius 1 is 0.897 bits per heavy atom. The minimum atomic E-state index is -0.597. The molecule has 7 nitrogen and oxygen atoms in total. The van der Waals surface area contributed by atoms with Gasteiger partial charge in [0.05, 0.1) is 35.5 Å². The number of benzene rings is 2. The molecule has 1 unspecified atom stereocenters.